The number of carbonyl (C=O) groups is 10. The van der Waals surface area contributed by atoms with Crippen molar-refractivity contribution in [3.63, 3.8) is 0 Å². The Morgan fingerprint density at radius 1 is 0.379 bits per heavy atom. The molecule has 3 saturated heterocycles. The van der Waals surface area contributed by atoms with E-state index >= 15 is 0 Å². The van der Waals surface area contributed by atoms with Gasteiger partial charge in [0.15, 0.2) is 18.9 Å². The van der Waals surface area contributed by atoms with Gasteiger partial charge >= 0.3 is 7.60 Å². The fourth-order valence-electron chi connectivity index (χ4n) is 12.9. The molecule has 672 valence electrons. The number of unbranched alkanes of at least 4 members (excludes halogenated alkanes) is 10. The average molecular weight is 1690 g/mol. The van der Waals surface area contributed by atoms with E-state index in [1.54, 1.807) is 20.8 Å². The van der Waals surface area contributed by atoms with Crippen LogP contribution in [0.15, 0.2) is 0 Å². The van der Waals surface area contributed by atoms with Gasteiger partial charge in [0.05, 0.1) is 77.8 Å². The van der Waals surface area contributed by atoms with E-state index < -0.39 is 148 Å². The maximum Gasteiger partial charge on any atom is 0.330 e. The average Bonchev–Trinajstić information content (AvgIpc) is 0.813. The third-order valence-electron chi connectivity index (χ3n) is 20.0. The molecule has 37 nitrogen and oxygen atoms in total. The number of aliphatic hydroxyl groups is 9. The molecule has 0 aromatic rings. The number of ether oxygens (including phenoxy) is 9. The Balaban J connectivity index is 1.58. The van der Waals surface area contributed by atoms with Gasteiger partial charge < -0.3 is 130 Å². The highest BCUT2D eigenvalue weighted by atomic mass is 31.2. The van der Waals surface area contributed by atoms with Crippen molar-refractivity contribution >= 4 is 66.2 Å². The van der Waals surface area contributed by atoms with Crippen LogP contribution in [0.25, 0.3) is 0 Å². The highest BCUT2D eigenvalue weighted by Gasteiger charge is 2.47. The van der Waals surface area contributed by atoms with Crippen LogP contribution >= 0.6 is 7.60 Å². The van der Waals surface area contributed by atoms with Crippen LogP contribution in [0.5, 0.6) is 0 Å². The maximum atomic E-state index is 14.0. The number of nitrogens with one attached hydrogen (secondary N) is 6. The lowest BCUT2D eigenvalue weighted by molar-refractivity contribution is -0.282. The van der Waals surface area contributed by atoms with Crippen LogP contribution in [0.2, 0.25) is 0 Å². The molecular weight excluding hydrogens is 1550 g/mol. The molecule has 0 radical (unpaired) electrons. The molecule has 3 aliphatic heterocycles. The van der Waals surface area contributed by atoms with Crippen molar-refractivity contribution in [2.45, 2.75) is 324 Å². The lowest BCUT2D eigenvalue weighted by Gasteiger charge is -2.42. The SMILES string of the molecule is CC(=O)NC1[C@H](OCCCCC(=O)NCCCNC(=O)CCOCC(COCCC(=O)CCCCCC(=O)CCCCOC2OC(CO)[C@H](O)[C@H](O)[C@@H]2NC(C)=O)(COCCC(=O)CCCCCC(=O)CCCCO[C@@H]2OC(CO)[C@H](O)[C@H](O)C2C)NC(=O)CCCC(=O)NCCCCCCOP(=O)(O)C(C)C)OC(CO)[C@H](O)[C@@H]1O. The summed E-state index contributed by atoms with van der Waals surface area (Å²) in [5.41, 5.74) is -1.97. The zero-order chi connectivity index (χ0) is 85.9. The van der Waals surface area contributed by atoms with Crippen molar-refractivity contribution in [1.82, 2.24) is 31.9 Å². The van der Waals surface area contributed by atoms with Crippen LogP contribution in [0.3, 0.4) is 0 Å². The zero-order valence-electron chi connectivity index (χ0n) is 68.8. The minimum atomic E-state index is -3.66. The first-order valence-electron chi connectivity index (χ1n) is 41.5. The van der Waals surface area contributed by atoms with Crippen LogP contribution < -0.4 is 31.9 Å². The largest absolute Gasteiger partial charge is 0.394 e. The number of hydrogen-bond donors (Lipinski definition) is 16. The van der Waals surface area contributed by atoms with E-state index in [0.29, 0.717) is 122 Å². The molecule has 0 spiro atoms. The number of carbonyl (C=O) groups excluding carboxylic acids is 10. The van der Waals surface area contributed by atoms with Crippen molar-refractivity contribution in [2.24, 2.45) is 5.92 Å². The van der Waals surface area contributed by atoms with Crippen molar-refractivity contribution < 1.29 is 151 Å². The molecule has 0 aromatic heterocycles. The molecule has 3 heterocycles. The smallest absolute Gasteiger partial charge is 0.330 e. The molecule has 6 amide bonds. The van der Waals surface area contributed by atoms with E-state index in [4.69, 9.17) is 47.2 Å². The molecular formula is C78H139N6O31P. The zero-order valence-corrected chi connectivity index (χ0v) is 69.7. The van der Waals surface area contributed by atoms with Gasteiger partial charge in [0.2, 0.25) is 35.4 Å². The van der Waals surface area contributed by atoms with E-state index in [2.05, 4.69) is 31.9 Å². The summed E-state index contributed by atoms with van der Waals surface area (Å²) in [6, 6.07) is -2.18. The van der Waals surface area contributed by atoms with E-state index in [9.17, 15) is 103 Å². The van der Waals surface area contributed by atoms with Crippen LogP contribution in [0, 0.1) is 5.92 Å². The molecule has 116 heavy (non-hydrogen) atoms. The minimum absolute atomic E-state index is 0.00525. The number of hydrogen-bond acceptors (Lipinski definition) is 30. The third-order valence-corrected chi connectivity index (χ3v) is 21.9. The molecule has 3 rings (SSSR count). The predicted octanol–water partition coefficient (Wildman–Crippen LogP) is 0.842. The minimum Gasteiger partial charge on any atom is -0.394 e. The Kier molecular flexibility index (Phi) is 54.8. The molecule has 0 bridgehead atoms. The van der Waals surface area contributed by atoms with Gasteiger partial charge in [-0.3, -0.25) is 52.5 Å². The molecule has 38 heteroatoms. The van der Waals surface area contributed by atoms with Crippen LogP contribution in [-0.4, -0.2) is 312 Å². The van der Waals surface area contributed by atoms with Crippen molar-refractivity contribution in [3.8, 4) is 0 Å². The Bertz CT molecular complexity index is 2790. The standard InChI is InChI=1S/C78H139N6O31P/c1-52(2)116(104,105)112-42-18-7-6-17-36-79-64(95)31-22-32-66(97)84-78(49-106-43-33-58(92)26-12-8-10-24-56(90)28-14-19-39-109-75-53(3)69(98)70(99)60(46-85)113-75,50-107-44-34-59(93)27-13-9-11-25-57(91)29-15-20-40-110-76-67(82-54(4)88)73(102)71(100)61(47-86)114-76)51-108-45-35-65(96)81-38-23-37-80-63(94)30-16-21-41-111-77-68(83-55(5)89)74(103)72(101)62(48-87)115-77/h52-53,60-62,67-77,85-87,98-103H,6-51H2,1-5H3,(H,79,95)(H,80,94)(H,81,96)(H,82,88)(H,83,89)(H,84,97)(H,104,105)/t53?,60?,61?,62?,67-,68?,69+,70-,71-,72-,73+,74+,75+,76?,77+,78?/m0/s1. The third kappa shape index (κ3) is 43.9. The van der Waals surface area contributed by atoms with Gasteiger partial charge in [-0.2, -0.15) is 0 Å². The topological polar surface area (TPSA) is 555 Å². The van der Waals surface area contributed by atoms with E-state index in [1.165, 1.54) is 13.8 Å². The summed E-state index contributed by atoms with van der Waals surface area (Å²) < 4.78 is 69.6. The molecule has 0 aliphatic carbocycles. The number of ketones is 4. The van der Waals surface area contributed by atoms with Crippen molar-refractivity contribution in [3.05, 3.63) is 0 Å². The molecule has 8 unspecified atom stereocenters. The van der Waals surface area contributed by atoms with E-state index in [-0.39, 0.29) is 184 Å². The summed E-state index contributed by atoms with van der Waals surface area (Å²) in [4.78, 5) is 138. The highest BCUT2D eigenvalue weighted by molar-refractivity contribution is 7.53. The summed E-state index contributed by atoms with van der Waals surface area (Å²) in [6.07, 6.45) is -3.62. The van der Waals surface area contributed by atoms with Gasteiger partial charge in [-0.25, -0.2) is 0 Å². The van der Waals surface area contributed by atoms with E-state index in [1.807, 2.05) is 0 Å². The highest BCUT2D eigenvalue weighted by Crippen LogP contribution is 2.47. The fourth-order valence-corrected chi connectivity index (χ4v) is 13.6. The summed E-state index contributed by atoms with van der Waals surface area (Å²) in [7, 11) is -3.66. The van der Waals surface area contributed by atoms with Gasteiger partial charge in [0, 0.05) is 136 Å². The van der Waals surface area contributed by atoms with Gasteiger partial charge in [0.25, 0.3) is 0 Å². The van der Waals surface area contributed by atoms with Crippen LogP contribution in [-0.2, 0) is 99.7 Å². The van der Waals surface area contributed by atoms with Gasteiger partial charge in [-0.1, -0.05) is 46.5 Å². The first kappa shape index (κ1) is 105. The number of Topliss-reactive ketones (excluding diaryl/α,β-unsaturated/α-hetero) is 4. The number of rotatable bonds is 68. The first-order chi connectivity index (χ1) is 55.4. The monoisotopic (exact) mass is 1690 g/mol. The maximum absolute atomic E-state index is 14.0. The summed E-state index contributed by atoms with van der Waals surface area (Å²) in [6.45, 7) is 6.01. The lowest BCUT2D eigenvalue weighted by Crippen LogP contribution is -2.64. The predicted molar refractivity (Wildman–Crippen MR) is 417 cm³/mol. The summed E-state index contributed by atoms with van der Waals surface area (Å²) >= 11 is 0. The Morgan fingerprint density at radius 2 is 0.707 bits per heavy atom. The second-order valence-electron chi connectivity index (χ2n) is 30.6. The molecule has 3 fully saturated rings. The molecule has 17 atom stereocenters. The second kappa shape index (κ2) is 60.4. The Morgan fingerprint density at radius 3 is 1.13 bits per heavy atom. The van der Waals surface area contributed by atoms with Crippen molar-refractivity contribution in [2.75, 3.05) is 106 Å². The number of amides is 6. The normalized spacial score (nSPS) is 24.5. The molecule has 0 saturated carbocycles. The van der Waals surface area contributed by atoms with E-state index in [0.717, 1.165) is 12.8 Å². The van der Waals surface area contributed by atoms with Crippen LogP contribution in [0.4, 0.5) is 0 Å². The summed E-state index contributed by atoms with van der Waals surface area (Å²) in [5, 5.41) is 107. The van der Waals surface area contributed by atoms with Gasteiger partial charge in [-0.15, -0.1) is 0 Å². The first-order valence-corrected chi connectivity index (χ1v) is 43.2. The fraction of sp³-hybridized carbons (Fsp3) is 0.872. The summed E-state index contributed by atoms with van der Waals surface area (Å²) in [5.74, 6) is -3.06. The van der Waals surface area contributed by atoms with Crippen LogP contribution in [0.1, 0.15) is 227 Å². The Labute approximate surface area is 681 Å². The quantitative estimate of drug-likeness (QED) is 0.0296. The number of aliphatic hydroxyl groups excluding tert-OH is 9. The molecule has 16 N–H and O–H groups in total. The lowest BCUT2D eigenvalue weighted by atomic mass is 9.92. The van der Waals surface area contributed by atoms with Gasteiger partial charge in [-0.05, 0) is 89.9 Å². The Hall–Kier alpha value is -5.07. The second-order valence-corrected chi connectivity index (χ2v) is 33.0. The van der Waals surface area contributed by atoms with Gasteiger partial charge in [0.1, 0.15) is 89.6 Å². The molecule has 0 aromatic carbocycles. The molecule has 3 aliphatic rings. The van der Waals surface area contributed by atoms with Crippen molar-refractivity contribution in [1.29, 1.82) is 0 Å².